The van der Waals surface area contributed by atoms with Crippen molar-refractivity contribution in [1.29, 1.82) is 0 Å². The normalized spacial score (nSPS) is 11.5. The van der Waals surface area contributed by atoms with Gasteiger partial charge < -0.3 is 5.32 Å². The molecule has 2 aromatic rings. The van der Waals surface area contributed by atoms with Crippen LogP contribution in [0.5, 0.6) is 0 Å². The fourth-order valence-electron chi connectivity index (χ4n) is 1.38. The summed E-state index contributed by atoms with van der Waals surface area (Å²) < 4.78 is 37.3. The highest BCUT2D eigenvalue weighted by atomic mass is 32.1. The summed E-state index contributed by atoms with van der Waals surface area (Å²) in [7, 11) is 0. The number of hydrogen-bond donors (Lipinski definition) is 1. The molecular formula is C11H10F3N3S. The molecule has 0 saturated carbocycles. The van der Waals surface area contributed by atoms with Crippen molar-refractivity contribution in [1.82, 2.24) is 9.97 Å². The molecule has 0 atom stereocenters. The maximum atomic E-state index is 12.4. The van der Waals surface area contributed by atoms with Gasteiger partial charge in [-0.3, -0.25) is 0 Å². The van der Waals surface area contributed by atoms with Crippen LogP contribution in [0.25, 0.3) is 0 Å². The molecule has 2 aromatic heterocycles. The van der Waals surface area contributed by atoms with Gasteiger partial charge in [-0.15, -0.1) is 11.3 Å². The molecule has 1 N–H and O–H groups in total. The van der Waals surface area contributed by atoms with Gasteiger partial charge in [0.1, 0.15) is 5.82 Å². The standard InChI is InChI=1S/C11H10F3N3S/c12-11(13,14)8-1-3-15-10(5-8)16-4-2-9-6-18-7-17-9/h1,3,5-7H,2,4H2,(H,15,16). The third-order valence-corrected chi connectivity index (χ3v) is 2.89. The lowest BCUT2D eigenvalue weighted by molar-refractivity contribution is -0.137. The first-order valence-electron chi connectivity index (χ1n) is 5.20. The first-order chi connectivity index (χ1) is 8.55. The summed E-state index contributed by atoms with van der Waals surface area (Å²) in [6.07, 6.45) is -2.54. The van der Waals surface area contributed by atoms with Crippen molar-refractivity contribution in [2.45, 2.75) is 12.6 Å². The fraction of sp³-hybridized carbons (Fsp3) is 0.273. The third kappa shape index (κ3) is 3.43. The minimum absolute atomic E-state index is 0.222. The van der Waals surface area contributed by atoms with Crippen LogP contribution in [-0.4, -0.2) is 16.5 Å². The largest absolute Gasteiger partial charge is 0.416 e. The van der Waals surface area contributed by atoms with Crippen LogP contribution in [0, 0.1) is 0 Å². The average Bonchev–Trinajstić information content (AvgIpc) is 2.81. The lowest BCUT2D eigenvalue weighted by atomic mass is 10.2. The molecule has 0 fully saturated rings. The Hall–Kier alpha value is -1.63. The Morgan fingerprint density at radius 2 is 2.11 bits per heavy atom. The van der Waals surface area contributed by atoms with Gasteiger partial charge in [0.2, 0.25) is 0 Å². The zero-order valence-corrected chi connectivity index (χ0v) is 10.1. The monoisotopic (exact) mass is 273 g/mol. The Kier molecular flexibility index (Phi) is 3.81. The van der Waals surface area contributed by atoms with Crippen LogP contribution in [0.4, 0.5) is 19.0 Å². The predicted octanol–water partition coefficient (Wildman–Crippen LogP) is 3.21. The van der Waals surface area contributed by atoms with E-state index in [9.17, 15) is 13.2 Å². The number of halogens is 3. The molecule has 0 spiro atoms. The summed E-state index contributed by atoms with van der Waals surface area (Å²) in [5.74, 6) is 0.222. The highest BCUT2D eigenvalue weighted by Gasteiger charge is 2.30. The van der Waals surface area contributed by atoms with Gasteiger partial charge in [-0.05, 0) is 12.1 Å². The van der Waals surface area contributed by atoms with E-state index in [1.165, 1.54) is 11.3 Å². The van der Waals surface area contributed by atoms with Crippen LogP contribution in [0.2, 0.25) is 0 Å². The molecule has 2 rings (SSSR count). The second kappa shape index (κ2) is 5.34. The molecule has 0 bridgehead atoms. The summed E-state index contributed by atoms with van der Waals surface area (Å²) in [5.41, 5.74) is 1.94. The number of pyridine rings is 1. The highest BCUT2D eigenvalue weighted by Crippen LogP contribution is 2.29. The lowest BCUT2D eigenvalue weighted by Crippen LogP contribution is -2.09. The van der Waals surface area contributed by atoms with Crippen molar-refractivity contribution in [3.05, 3.63) is 40.5 Å². The van der Waals surface area contributed by atoms with Gasteiger partial charge in [0.25, 0.3) is 0 Å². The molecule has 0 aliphatic carbocycles. The van der Waals surface area contributed by atoms with E-state index in [0.29, 0.717) is 13.0 Å². The zero-order chi connectivity index (χ0) is 13.0. The molecule has 7 heteroatoms. The van der Waals surface area contributed by atoms with Gasteiger partial charge >= 0.3 is 6.18 Å². The summed E-state index contributed by atoms with van der Waals surface area (Å²) in [5, 5.41) is 4.75. The number of nitrogens with zero attached hydrogens (tertiary/aromatic N) is 2. The molecule has 0 radical (unpaired) electrons. The molecule has 96 valence electrons. The SMILES string of the molecule is FC(F)(F)c1ccnc(NCCc2cscn2)c1. The number of aromatic nitrogens is 2. The Morgan fingerprint density at radius 3 is 2.78 bits per heavy atom. The molecule has 3 nitrogen and oxygen atoms in total. The molecule has 18 heavy (non-hydrogen) atoms. The smallest absolute Gasteiger partial charge is 0.370 e. The summed E-state index contributed by atoms with van der Waals surface area (Å²) in [4.78, 5) is 7.93. The van der Waals surface area contributed by atoms with Gasteiger partial charge in [-0.2, -0.15) is 13.2 Å². The summed E-state index contributed by atoms with van der Waals surface area (Å²) >= 11 is 1.49. The Balaban J connectivity index is 1.93. The Labute approximate surface area is 106 Å². The predicted molar refractivity (Wildman–Crippen MR) is 63.5 cm³/mol. The topological polar surface area (TPSA) is 37.8 Å². The highest BCUT2D eigenvalue weighted by molar-refractivity contribution is 7.07. The Bertz CT molecular complexity index is 496. The average molecular weight is 273 g/mol. The van der Waals surface area contributed by atoms with E-state index in [1.807, 2.05) is 5.38 Å². The van der Waals surface area contributed by atoms with Crippen molar-refractivity contribution >= 4 is 17.2 Å². The van der Waals surface area contributed by atoms with Crippen molar-refractivity contribution < 1.29 is 13.2 Å². The van der Waals surface area contributed by atoms with Crippen molar-refractivity contribution in [3.63, 3.8) is 0 Å². The van der Waals surface area contributed by atoms with Crippen molar-refractivity contribution in [3.8, 4) is 0 Å². The third-order valence-electron chi connectivity index (χ3n) is 2.26. The van der Waals surface area contributed by atoms with E-state index >= 15 is 0 Å². The molecule has 0 unspecified atom stereocenters. The van der Waals surface area contributed by atoms with Crippen LogP contribution in [0.3, 0.4) is 0 Å². The maximum Gasteiger partial charge on any atom is 0.416 e. The van der Waals surface area contributed by atoms with Crippen molar-refractivity contribution in [2.75, 3.05) is 11.9 Å². The fourth-order valence-corrected chi connectivity index (χ4v) is 1.98. The molecule has 2 heterocycles. The molecule has 0 saturated heterocycles. The summed E-state index contributed by atoms with van der Waals surface area (Å²) in [6, 6.07) is 1.95. The quantitative estimate of drug-likeness (QED) is 0.929. The van der Waals surface area contributed by atoms with Gasteiger partial charge in [-0.1, -0.05) is 0 Å². The number of hydrogen-bond acceptors (Lipinski definition) is 4. The van der Waals surface area contributed by atoms with Crippen LogP contribution in [0.1, 0.15) is 11.3 Å². The number of rotatable bonds is 4. The first kappa shape index (κ1) is 12.8. The maximum absolute atomic E-state index is 12.4. The van der Waals surface area contributed by atoms with Crippen LogP contribution < -0.4 is 5.32 Å². The minimum Gasteiger partial charge on any atom is -0.370 e. The van der Waals surface area contributed by atoms with Crippen LogP contribution >= 0.6 is 11.3 Å². The number of anilines is 1. The van der Waals surface area contributed by atoms with Gasteiger partial charge in [-0.25, -0.2) is 9.97 Å². The van der Waals surface area contributed by atoms with E-state index in [2.05, 4.69) is 15.3 Å². The van der Waals surface area contributed by atoms with Crippen LogP contribution in [-0.2, 0) is 12.6 Å². The minimum atomic E-state index is -4.34. The number of nitrogens with one attached hydrogen (secondary N) is 1. The van der Waals surface area contributed by atoms with Gasteiger partial charge in [0, 0.05) is 24.5 Å². The lowest BCUT2D eigenvalue weighted by Gasteiger charge is -2.09. The van der Waals surface area contributed by atoms with Gasteiger partial charge in [0.15, 0.2) is 0 Å². The molecule has 0 aliphatic heterocycles. The van der Waals surface area contributed by atoms with E-state index in [0.717, 1.165) is 24.0 Å². The first-order valence-corrected chi connectivity index (χ1v) is 6.14. The van der Waals surface area contributed by atoms with Crippen LogP contribution in [0.15, 0.2) is 29.2 Å². The van der Waals surface area contributed by atoms with E-state index in [4.69, 9.17) is 0 Å². The molecular weight excluding hydrogens is 263 g/mol. The van der Waals surface area contributed by atoms with E-state index in [-0.39, 0.29) is 5.82 Å². The number of alkyl halides is 3. The molecule has 0 amide bonds. The molecule has 0 aliphatic rings. The second-order valence-corrected chi connectivity index (χ2v) is 4.30. The number of thiazole rings is 1. The summed E-state index contributed by atoms with van der Waals surface area (Å²) in [6.45, 7) is 0.498. The van der Waals surface area contributed by atoms with Gasteiger partial charge in [0.05, 0.1) is 16.8 Å². The second-order valence-electron chi connectivity index (χ2n) is 3.58. The van der Waals surface area contributed by atoms with Crippen molar-refractivity contribution in [2.24, 2.45) is 0 Å². The van der Waals surface area contributed by atoms with E-state index < -0.39 is 11.7 Å². The Morgan fingerprint density at radius 1 is 1.28 bits per heavy atom. The zero-order valence-electron chi connectivity index (χ0n) is 9.24. The van der Waals surface area contributed by atoms with E-state index in [1.54, 1.807) is 5.51 Å². The molecule has 0 aromatic carbocycles.